The summed E-state index contributed by atoms with van der Waals surface area (Å²) < 4.78 is 24.0. The van der Waals surface area contributed by atoms with Gasteiger partial charge in [0, 0.05) is 11.6 Å². The molecule has 0 saturated heterocycles. The van der Waals surface area contributed by atoms with E-state index < -0.39 is 7.12 Å². The number of hydrogen-bond donors (Lipinski definition) is 2. The van der Waals surface area contributed by atoms with Gasteiger partial charge in [0.15, 0.2) is 0 Å². The third kappa shape index (κ3) is 3.74. The Labute approximate surface area is 122 Å². The highest BCUT2D eigenvalue weighted by Gasteiger charge is 2.14. The van der Waals surface area contributed by atoms with Crippen molar-refractivity contribution in [3.05, 3.63) is 53.3 Å². The Morgan fingerprint density at radius 3 is 2.52 bits per heavy atom. The second-order valence-corrected chi connectivity index (χ2v) is 4.64. The van der Waals surface area contributed by atoms with Gasteiger partial charge in [0.2, 0.25) is 0 Å². The van der Waals surface area contributed by atoms with Crippen LogP contribution in [0.3, 0.4) is 0 Å². The zero-order valence-electron chi connectivity index (χ0n) is 11.8. The number of ether oxygens (including phenoxy) is 2. The van der Waals surface area contributed by atoms with Gasteiger partial charge in [-0.3, -0.25) is 0 Å². The molecule has 2 rings (SSSR count). The van der Waals surface area contributed by atoms with Crippen LogP contribution in [0.15, 0.2) is 36.4 Å². The summed E-state index contributed by atoms with van der Waals surface area (Å²) in [6.45, 7) is 1.95. The van der Waals surface area contributed by atoms with E-state index in [1.54, 1.807) is 24.3 Å². The molecule has 4 nitrogen and oxygen atoms in total. The van der Waals surface area contributed by atoms with Gasteiger partial charge >= 0.3 is 7.12 Å². The monoisotopic (exact) mass is 290 g/mol. The fraction of sp³-hybridized carbons (Fsp3) is 0.200. The molecule has 2 N–H and O–H groups in total. The van der Waals surface area contributed by atoms with Gasteiger partial charge in [-0.1, -0.05) is 18.2 Å². The van der Waals surface area contributed by atoms with E-state index in [1.807, 2.05) is 6.92 Å². The van der Waals surface area contributed by atoms with Crippen molar-refractivity contribution >= 4 is 12.6 Å². The largest absolute Gasteiger partial charge is 0.496 e. The van der Waals surface area contributed by atoms with Crippen molar-refractivity contribution in [3.8, 4) is 11.5 Å². The molecule has 0 unspecified atom stereocenters. The van der Waals surface area contributed by atoms with Crippen molar-refractivity contribution in [3.63, 3.8) is 0 Å². The first-order valence-corrected chi connectivity index (χ1v) is 6.43. The maximum absolute atomic E-state index is 13.2. The number of aryl methyl sites for hydroxylation is 1. The van der Waals surface area contributed by atoms with E-state index in [1.165, 1.54) is 19.2 Å². The van der Waals surface area contributed by atoms with Crippen LogP contribution in [-0.4, -0.2) is 24.3 Å². The molecular weight excluding hydrogens is 274 g/mol. The van der Waals surface area contributed by atoms with Crippen LogP contribution in [0.5, 0.6) is 11.5 Å². The van der Waals surface area contributed by atoms with Crippen molar-refractivity contribution in [2.45, 2.75) is 13.5 Å². The molecule has 0 aliphatic heterocycles. The van der Waals surface area contributed by atoms with E-state index in [2.05, 4.69) is 0 Å². The van der Waals surface area contributed by atoms with Gasteiger partial charge in [-0.15, -0.1) is 0 Å². The fourth-order valence-corrected chi connectivity index (χ4v) is 1.96. The Kier molecular flexibility index (Phi) is 4.83. The number of hydrogen-bond acceptors (Lipinski definition) is 4. The Balaban J connectivity index is 2.22. The molecule has 0 aliphatic rings. The summed E-state index contributed by atoms with van der Waals surface area (Å²) in [7, 11) is -0.0491. The van der Waals surface area contributed by atoms with Gasteiger partial charge in [-0.05, 0) is 30.1 Å². The number of halogens is 1. The SMILES string of the molecule is COc1ccc(B(O)O)cc1COc1cc(F)ccc1C. The van der Waals surface area contributed by atoms with Gasteiger partial charge in [0.25, 0.3) is 0 Å². The minimum Gasteiger partial charge on any atom is -0.496 e. The topological polar surface area (TPSA) is 58.9 Å². The number of rotatable bonds is 5. The Morgan fingerprint density at radius 2 is 1.86 bits per heavy atom. The van der Waals surface area contributed by atoms with E-state index in [4.69, 9.17) is 9.47 Å². The molecule has 0 atom stereocenters. The van der Waals surface area contributed by atoms with Crippen LogP contribution >= 0.6 is 0 Å². The zero-order chi connectivity index (χ0) is 15.4. The normalized spacial score (nSPS) is 10.3. The quantitative estimate of drug-likeness (QED) is 0.817. The molecule has 2 aromatic rings. The van der Waals surface area contributed by atoms with Gasteiger partial charge in [0.05, 0.1) is 7.11 Å². The molecular formula is C15H16BFO4. The van der Waals surface area contributed by atoms with Crippen LogP contribution in [0.4, 0.5) is 4.39 Å². The second-order valence-electron chi connectivity index (χ2n) is 4.64. The molecule has 0 amide bonds. The van der Waals surface area contributed by atoms with E-state index >= 15 is 0 Å². The van der Waals surface area contributed by atoms with Crippen LogP contribution < -0.4 is 14.9 Å². The molecule has 21 heavy (non-hydrogen) atoms. The molecule has 0 heterocycles. The minimum atomic E-state index is -1.56. The summed E-state index contributed by atoms with van der Waals surface area (Å²) >= 11 is 0. The highest BCUT2D eigenvalue weighted by molar-refractivity contribution is 6.58. The maximum atomic E-state index is 13.2. The maximum Gasteiger partial charge on any atom is 0.488 e. The summed E-state index contributed by atoms with van der Waals surface area (Å²) in [4.78, 5) is 0. The highest BCUT2D eigenvalue weighted by atomic mass is 19.1. The molecule has 6 heteroatoms. The zero-order valence-corrected chi connectivity index (χ0v) is 11.8. The van der Waals surface area contributed by atoms with Crippen LogP contribution in [0.2, 0.25) is 0 Å². The third-order valence-corrected chi connectivity index (χ3v) is 3.14. The summed E-state index contributed by atoms with van der Waals surface area (Å²) in [5.41, 5.74) is 1.80. The Bertz CT molecular complexity index is 631. The van der Waals surface area contributed by atoms with Crippen LogP contribution in [0.25, 0.3) is 0 Å². The van der Waals surface area contributed by atoms with E-state index in [0.29, 0.717) is 22.5 Å². The molecule has 0 fully saturated rings. The summed E-state index contributed by atoms with van der Waals surface area (Å²) in [5.74, 6) is 0.627. The van der Waals surface area contributed by atoms with Gasteiger partial charge < -0.3 is 19.5 Å². The van der Waals surface area contributed by atoms with E-state index in [9.17, 15) is 14.4 Å². The Morgan fingerprint density at radius 1 is 1.10 bits per heavy atom. The smallest absolute Gasteiger partial charge is 0.488 e. The average molecular weight is 290 g/mol. The lowest BCUT2D eigenvalue weighted by Crippen LogP contribution is -2.30. The molecule has 0 saturated carbocycles. The molecule has 0 radical (unpaired) electrons. The van der Waals surface area contributed by atoms with Crippen molar-refractivity contribution in [1.29, 1.82) is 0 Å². The molecule has 0 spiro atoms. The molecule has 0 bridgehead atoms. The van der Waals surface area contributed by atoms with Gasteiger partial charge in [0.1, 0.15) is 23.9 Å². The first kappa shape index (κ1) is 15.3. The molecule has 0 aromatic heterocycles. The van der Waals surface area contributed by atoms with Crippen molar-refractivity contribution in [1.82, 2.24) is 0 Å². The lowest BCUT2D eigenvalue weighted by atomic mass is 9.79. The van der Waals surface area contributed by atoms with Crippen molar-refractivity contribution in [2.75, 3.05) is 7.11 Å². The van der Waals surface area contributed by atoms with E-state index in [0.717, 1.165) is 5.56 Å². The van der Waals surface area contributed by atoms with Crippen LogP contribution in [-0.2, 0) is 6.61 Å². The highest BCUT2D eigenvalue weighted by Crippen LogP contribution is 2.23. The van der Waals surface area contributed by atoms with Crippen LogP contribution in [0.1, 0.15) is 11.1 Å². The molecule has 2 aromatic carbocycles. The average Bonchev–Trinajstić information content (AvgIpc) is 2.47. The molecule has 0 aliphatic carbocycles. The van der Waals surface area contributed by atoms with Crippen LogP contribution in [0, 0.1) is 12.7 Å². The second kappa shape index (κ2) is 6.60. The van der Waals surface area contributed by atoms with Gasteiger partial charge in [-0.2, -0.15) is 0 Å². The van der Waals surface area contributed by atoms with E-state index in [-0.39, 0.29) is 12.4 Å². The predicted octanol–water partition coefficient (Wildman–Crippen LogP) is 1.40. The van der Waals surface area contributed by atoms with Crippen molar-refractivity contribution < 1.29 is 23.9 Å². The number of benzene rings is 2. The first-order valence-electron chi connectivity index (χ1n) is 6.43. The fourth-order valence-electron chi connectivity index (χ4n) is 1.96. The number of methoxy groups -OCH3 is 1. The summed E-state index contributed by atoms with van der Waals surface area (Å²) in [5, 5.41) is 18.4. The summed E-state index contributed by atoms with van der Waals surface area (Å²) in [6.07, 6.45) is 0. The van der Waals surface area contributed by atoms with Crippen molar-refractivity contribution in [2.24, 2.45) is 0 Å². The first-order chi connectivity index (χ1) is 10.0. The third-order valence-electron chi connectivity index (χ3n) is 3.14. The van der Waals surface area contributed by atoms with Gasteiger partial charge in [-0.25, -0.2) is 4.39 Å². The summed E-state index contributed by atoms with van der Waals surface area (Å²) in [6, 6.07) is 9.08. The standard InChI is InChI=1S/C15H16BFO4/c1-10-3-5-13(17)8-15(10)21-9-11-7-12(16(18)19)4-6-14(11)20-2/h3-8,18-19H,9H2,1-2H3. The Hall–Kier alpha value is -2.05. The predicted molar refractivity (Wildman–Crippen MR) is 78.3 cm³/mol. The lowest BCUT2D eigenvalue weighted by molar-refractivity contribution is 0.293. The molecule has 110 valence electrons. The lowest BCUT2D eigenvalue weighted by Gasteiger charge is -2.13. The minimum absolute atomic E-state index is 0.133.